The van der Waals surface area contributed by atoms with E-state index in [4.69, 9.17) is 11.6 Å². The van der Waals surface area contributed by atoms with E-state index in [9.17, 15) is 9.70 Å². The van der Waals surface area contributed by atoms with Crippen LogP contribution in [0.4, 0.5) is 0 Å². The minimum Gasteiger partial charge on any atom is -0.279 e. The van der Waals surface area contributed by atoms with Crippen LogP contribution in [0.15, 0.2) is 23.8 Å². The van der Waals surface area contributed by atoms with Gasteiger partial charge in [-0.15, -0.1) is 4.91 Å². The maximum absolute atomic E-state index is 10.8. The first kappa shape index (κ1) is 8.61. The normalized spacial score (nSPS) is 9.08. The summed E-state index contributed by atoms with van der Waals surface area (Å²) in [5.74, 6) is -0.875. The van der Waals surface area contributed by atoms with E-state index in [-0.39, 0.29) is 10.6 Å². The third-order valence-corrected chi connectivity index (χ3v) is 1.27. The van der Waals surface area contributed by atoms with Gasteiger partial charge >= 0.3 is 5.97 Å². The molecule has 1 heterocycles. The van der Waals surface area contributed by atoms with Crippen molar-refractivity contribution in [2.45, 2.75) is 0 Å². The highest BCUT2D eigenvalue weighted by atomic mass is 35.5. The SMILES string of the molecule is O=NOC(=O)c1cncc(Cl)c1. The van der Waals surface area contributed by atoms with Crippen molar-refractivity contribution in [2.75, 3.05) is 0 Å². The maximum Gasteiger partial charge on any atom is 0.370 e. The van der Waals surface area contributed by atoms with Crippen LogP contribution in [0.25, 0.3) is 0 Å². The predicted molar refractivity (Wildman–Crippen MR) is 40.5 cm³/mol. The third kappa shape index (κ3) is 2.00. The van der Waals surface area contributed by atoms with E-state index in [1.807, 2.05) is 5.34 Å². The second-order valence-corrected chi connectivity index (χ2v) is 2.28. The topological polar surface area (TPSA) is 68.6 Å². The molecule has 0 fully saturated rings. The smallest absolute Gasteiger partial charge is 0.279 e. The number of carbonyl (C=O) groups is 1. The first-order chi connectivity index (χ1) is 5.74. The Kier molecular flexibility index (Phi) is 2.71. The van der Waals surface area contributed by atoms with E-state index in [1.54, 1.807) is 0 Å². The summed E-state index contributed by atoms with van der Waals surface area (Å²) >= 11 is 5.51. The Hall–Kier alpha value is -1.49. The molecule has 0 spiro atoms. The quantitative estimate of drug-likeness (QED) is 0.519. The van der Waals surface area contributed by atoms with Crippen molar-refractivity contribution in [1.29, 1.82) is 0 Å². The summed E-state index contributed by atoms with van der Waals surface area (Å²) in [4.78, 5) is 27.7. The number of halogens is 1. The van der Waals surface area contributed by atoms with Crippen LogP contribution in [0.1, 0.15) is 10.4 Å². The van der Waals surface area contributed by atoms with Gasteiger partial charge in [0.05, 0.1) is 10.6 Å². The summed E-state index contributed by atoms with van der Waals surface area (Å²) in [5.41, 5.74) is 0.0853. The zero-order valence-corrected chi connectivity index (χ0v) is 6.49. The first-order valence-electron chi connectivity index (χ1n) is 2.88. The fourth-order valence-electron chi connectivity index (χ4n) is 0.610. The highest BCUT2D eigenvalue weighted by Gasteiger charge is 2.07. The van der Waals surface area contributed by atoms with Crippen LogP contribution in [0.2, 0.25) is 5.02 Å². The number of hydrogen-bond donors (Lipinski definition) is 0. The van der Waals surface area contributed by atoms with Gasteiger partial charge in [-0.25, -0.2) is 4.79 Å². The molecule has 0 atom stereocenters. The largest absolute Gasteiger partial charge is 0.370 e. The molecule has 0 bridgehead atoms. The second kappa shape index (κ2) is 3.77. The van der Waals surface area contributed by atoms with E-state index in [1.165, 1.54) is 18.5 Å². The molecule has 0 aromatic carbocycles. The summed E-state index contributed by atoms with van der Waals surface area (Å²) in [5, 5.41) is 2.26. The van der Waals surface area contributed by atoms with Gasteiger partial charge in [0.15, 0.2) is 5.34 Å². The molecule has 0 aliphatic rings. The standard InChI is InChI=1S/C6H3ClN2O3/c7-5-1-4(2-8-3-5)6(10)12-9-11/h1-3H. The molecular formula is C6H3ClN2O3. The molecule has 0 aliphatic carbocycles. The lowest BCUT2D eigenvalue weighted by atomic mass is 10.3. The zero-order valence-electron chi connectivity index (χ0n) is 5.73. The third-order valence-electron chi connectivity index (χ3n) is 1.06. The molecular weight excluding hydrogens is 184 g/mol. The lowest BCUT2D eigenvalue weighted by Crippen LogP contribution is -2.00. The molecule has 0 N–H and O–H groups in total. The van der Waals surface area contributed by atoms with Gasteiger partial charge in [-0.1, -0.05) is 11.6 Å². The summed E-state index contributed by atoms with van der Waals surface area (Å²) in [6, 6.07) is 1.32. The molecule has 1 rings (SSSR count). The average Bonchev–Trinajstić information content (AvgIpc) is 2.05. The van der Waals surface area contributed by atoms with Gasteiger partial charge in [0.1, 0.15) is 0 Å². The number of rotatable bonds is 2. The van der Waals surface area contributed by atoms with E-state index in [2.05, 4.69) is 9.82 Å². The minimum atomic E-state index is -0.875. The van der Waals surface area contributed by atoms with Gasteiger partial charge in [-0.3, -0.25) is 9.82 Å². The minimum absolute atomic E-state index is 0.0853. The maximum atomic E-state index is 10.8. The molecule has 6 heteroatoms. The number of nitrogens with zero attached hydrogens (tertiary/aromatic N) is 2. The Labute approximate surface area is 72.2 Å². The van der Waals surface area contributed by atoms with Gasteiger partial charge in [0.25, 0.3) is 0 Å². The van der Waals surface area contributed by atoms with Crippen LogP contribution in [0.3, 0.4) is 0 Å². The zero-order chi connectivity index (χ0) is 8.97. The molecule has 0 saturated carbocycles. The Morgan fingerprint density at radius 1 is 1.58 bits per heavy atom. The van der Waals surface area contributed by atoms with Gasteiger partial charge in [0.2, 0.25) is 0 Å². The Bertz CT molecular complexity index is 315. The fraction of sp³-hybridized carbons (Fsp3) is 0. The molecule has 0 radical (unpaired) electrons. The Morgan fingerprint density at radius 2 is 2.33 bits per heavy atom. The van der Waals surface area contributed by atoms with Crippen molar-refractivity contribution in [3.8, 4) is 0 Å². The number of pyridine rings is 1. The molecule has 0 aliphatic heterocycles. The predicted octanol–water partition coefficient (Wildman–Crippen LogP) is 1.57. The summed E-state index contributed by atoms with van der Waals surface area (Å²) < 4.78 is 0. The highest BCUT2D eigenvalue weighted by molar-refractivity contribution is 6.30. The highest BCUT2D eigenvalue weighted by Crippen LogP contribution is 2.09. The number of carbonyl (C=O) groups excluding carboxylic acids is 1. The molecule has 5 nitrogen and oxygen atoms in total. The number of hydrogen-bond acceptors (Lipinski definition) is 5. The van der Waals surface area contributed by atoms with Crippen molar-refractivity contribution < 1.29 is 9.63 Å². The molecule has 1 aromatic heterocycles. The fourth-order valence-corrected chi connectivity index (χ4v) is 0.784. The van der Waals surface area contributed by atoms with Crippen molar-refractivity contribution in [3.05, 3.63) is 34.0 Å². The van der Waals surface area contributed by atoms with Crippen LogP contribution in [-0.2, 0) is 4.84 Å². The van der Waals surface area contributed by atoms with Crippen LogP contribution in [-0.4, -0.2) is 11.0 Å². The molecule has 1 aromatic rings. The monoisotopic (exact) mass is 186 g/mol. The Morgan fingerprint density at radius 3 is 2.92 bits per heavy atom. The van der Waals surface area contributed by atoms with Crippen molar-refractivity contribution in [1.82, 2.24) is 4.98 Å². The van der Waals surface area contributed by atoms with Crippen LogP contribution in [0, 0.1) is 4.91 Å². The van der Waals surface area contributed by atoms with Crippen LogP contribution >= 0.6 is 11.6 Å². The van der Waals surface area contributed by atoms with E-state index in [0.717, 1.165) is 0 Å². The molecule has 62 valence electrons. The molecule has 0 saturated heterocycles. The molecule has 0 amide bonds. The van der Waals surface area contributed by atoms with Gasteiger partial charge in [-0.2, -0.15) is 0 Å². The molecule has 12 heavy (non-hydrogen) atoms. The van der Waals surface area contributed by atoms with E-state index >= 15 is 0 Å². The summed E-state index contributed by atoms with van der Waals surface area (Å²) in [7, 11) is 0. The van der Waals surface area contributed by atoms with Crippen molar-refractivity contribution >= 4 is 17.6 Å². The van der Waals surface area contributed by atoms with Crippen molar-refractivity contribution in [3.63, 3.8) is 0 Å². The Balaban J connectivity index is 2.87. The van der Waals surface area contributed by atoms with E-state index in [0.29, 0.717) is 0 Å². The van der Waals surface area contributed by atoms with Crippen molar-refractivity contribution in [2.24, 2.45) is 5.34 Å². The lowest BCUT2D eigenvalue weighted by Gasteiger charge is -1.94. The van der Waals surface area contributed by atoms with Crippen LogP contribution in [0.5, 0.6) is 0 Å². The van der Waals surface area contributed by atoms with Crippen LogP contribution < -0.4 is 0 Å². The van der Waals surface area contributed by atoms with E-state index < -0.39 is 5.97 Å². The lowest BCUT2D eigenvalue weighted by molar-refractivity contribution is 0.0508. The van der Waals surface area contributed by atoms with Gasteiger partial charge in [0, 0.05) is 12.4 Å². The summed E-state index contributed by atoms with van der Waals surface area (Å²) in [6.07, 6.45) is 2.58. The summed E-state index contributed by atoms with van der Waals surface area (Å²) in [6.45, 7) is 0. The van der Waals surface area contributed by atoms with Gasteiger partial charge < -0.3 is 0 Å². The van der Waals surface area contributed by atoms with Gasteiger partial charge in [-0.05, 0) is 6.07 Å². The first-order valence-corrected chi connectivity index (χ1v) is 3.26. The average molecular weight is 187 g/mol. The number of aromatic nitrogens is 1. The molecule has 0 unspecified atom stereocenters. The second-order valence-electron chi connectivity index (χ2n) is 1.85.